The third kappa shape index (κ3) is 4.21. The number of morpholine rings is 1. The molecule has 1 fully saturated rings. The number of nitrogens with zero attached hydrogens (tertiary/aromatic N) is 1. The van der Waals surface area contributed by atoms with Crippen molar-refractivity contribution in [1.29, 1.82) is 0 Å². The van der Waals surface area contributed by atoms with Crippen LogP contribution in [-0.4, -0.2) is 37.3 Å². The van der Waals surface area contributed by atoms with E-state index in [1.165, 1.54) is 5.56 Å². The lowest BCUT2D eigenvalue weighted by molar-refractivity contribution is -0.142. The Hall–Kier alpha value is -1.07. The number of halogens is 3. The van der Waals surface area contributed by atoms with Crippen molar-refractivity contribution in [2.75, 3.05) is 26.2 Å². The molecule has 0 aliphatic carbocycles. The Balaban J connectivity index is 1.99. The number of ether oxygens (including phenoxy) is 1. The quantitative estimate of drug-likeness (QED) is 0.841. The smallest absolute Gasteiger partial charge is 0.371 e. The van der Waals surface area contributed by atoms with Crippen LogP contribution in [0, 0.1) is 13.8 Å². The van der Waals surface area contributed by atoms with Gasteiger partial charge in [-0.2, -0.15) is 13.2 Å². The maximum atomic E-state index is 12.3. The number of aryl methyl sites for hydroxylation is 2. The van der Waals surface area contributed by atoms with Crippen LogP contribution < -0.4 is 0 Å². The van der Waals surface area contributed by atoms with Gasteiger partial charge in [-0.05, 0) is 25.0 Å². The molecular formula is C15H20F3NO. The van der Waals surface area contributed by atoms with Crippen molar-refractivity contribution in [3.8, 4) is 0 Å². The van der Waals surface area contributed by atoms with Gasteiger partial charge in [0.05, 0.1) is 19.1 Å². The summed E-state index contributed by atoms with van der Waals surface area (Å²) in [7, 11) is 0. The molecule has 0 radical (unpaired) electrons. The molecule has 1 aliphatic heterocycles. The highest BCUT2D eigenvalue weighted by Gasteiger charge is 2.30. The van der Waals surface area contributed by atoms with Gasteiger partial charge >= 0.3 is 6.18 Å². The van der Waals surface area contributed by atoms with Gasteiger partial charge in [0.15, 0.2) is 0 Å². The molecule has 0 saturated carbocycles. The molecule has 0 aromatic heterocycles. The predicted molar refractivity (Wildman–Crippen MR) is 71.7 cm³/mol. The molecule has 1 aliphatic rings. The molecule has 2 rings (SSSR count). The van der Waals surface area contributed by atoms with Crippen molar-refractivity contribution in [2.24, 2.45) is 0 Å². The first-order valence-corrected chi connectivity index (χ1v) is 6.83. The van der Waals surface area contributed by atoms with Gasteiger partial charge in [0, 0.05) is 19.6 Å². The van der Waals surface area contributed by atoms with E-state index in [0.717, 1.165) is 11.1 Å². The van der Waals surface area contributed by atoms with E-state index in [2.05, 4.69) is 6.07 Å². The van der Waals surface area contributed by atoms with Crippen LogP contribution in [0.25, 0.3) is 0 Å². The summed E-state index contributed by atoms with van der Waals surface area (Å²) >= 11 is 0. The summed E-state index contributed by atoms with van der Waals surface area (Å²) in [5.74, 6) is 0. The van der Waals surface area contributed by atoms with E-state index < -0.39 is 12.6 Å². The zero-order valence-electron chi connectivity index (χ0n) is 11.8. The standard InChI is InChI=1S/C15H20F3NO/c1-11-3-4-13(12(2)9-11)14-10-19(7-8-20-14)6-5-15(16,17)18/h3-4,9,14H,5-8,10H2,1-2H3. The zero-order valence-corrected chi connectivity index (χ0v) is 11.8. The first-order valence-electron chi connectivity index (χ1n) is 6.83. The fraction of sp³-hybridized carbons (Fsp3) is 0.600. The van der Waals surface area contributed by atoms with Gasteiger partial charge in [-0.15, -0.1) is 0 Å². The van der Waals surface area contributed by atoms with Gasteiger partial charge in [-0.3, -0.25) is 4.90 Å². The summed E-state index contributed by atoms with van der Waals surface area (Å²) < 4.78 is 42.6. The Morgan fingerprint density at radius 3 is 2.70 bits per heavy atom. The molecule has 5 heteroatoms. The molecule has 1 heterocycles. The molecule has 1 saturated heterocycles. The summed E-state index contributed by atoms with van der Waals surface area (Å²) in [6.07, 6.45) is -4.97. The molecule has 0 N–H and O–H groups in total. The number of rotatable bonds is 3. The second kappa shape index (κ2) is 6.14. The van der Waals surface area contributed by atoms with Gasteiger partial charge in [-0.1, -0.05) is 23.8 Å². The van der Waals surface area contributed by atoms with Crippen LogP contribution in [0.3, 0.4) is 0 Å². The van der Waals surface area contributed by atoms with Crippen LogP contribution in [0.4, 0.5) is 13.2 Å². The van der Waals surface area contributed by atoms with E-state index in [1.807, 2.05) is 30.9 Å². The van der Waals surface area contributed by atoms with Crippen LogP contribution >= 0.6 is 0 Å². The lowest BCUT2D eigenvalue weighted by Gasteiger charge is -2.34. The average molecular weight is 287 g/mol. The summed E-state index contributed by atoms with van der Waals surface area (Å²) in [5, 5.41) is 0. The van der Waals surface area contributed by atoms with Crippen LogP contribution in [0.5, 0.6) is 0 Å². The van der Waals surface area contributed by atoms with E-state index >= 15 is 0 Å². The monoisotopic (exact) mass is 287 g/mol. The van der Waals surface area contributed by atoms with Crippen molar-refractivity contribution in [2.45, 2.75) is 32.5 Å². The lowest BCUT2D eigenvalue weighted by Crippen LogP contribution is -2.40. The fourth-order valence-electron chi connectivity index (χ4n) is 2.57. The lowest BCUT2D eigenvalue weighted by atomic mass is 10.00. The minimum Gasteiger partial charge on any atom is -0.371 e. The number of benzene rings is 1. The molecule has 0 bridgehead atoms. The van der Waals surface area contributed by atoms with Crippen LogP contribution in [0.15, 0.2) is 18.2 Å². The zero-order chi connectivity index (χ0) is 14.8. The van der Waals surface area contributed by atoms with Gasteiger partial charge < -0.3 is 4.74 Å². The number of hydrogen-bond donors (Lipinski definition) is 0. The maximum Gasteiger partial charge on any atom is 0.390 e. The molecule has 0 spiro atoms. The first kappa shape index (κ1) is 15.3. The van der Waals surface area contributed by atoms with Crippen molar-refractivity contribution >= 4 is 0 Å². The fourth-order valence-corrected chi connectivity index (χ4v) is 2.57. The minimum atomic E-state index is -4.09. The molecular weight excluding hydrogens is 267 g/mol. The van der Waals surface area contributed by atoms with E-state index in [-0.39, 0.29) is 12.6 Å². The third-order valence-corrected chi connectivity index (χ3v) is 3.63. The molecule has 1 aromatic carbocycles. The second-order valence-corrected chi connectivity index (χ2v) is 5.39. The van der Waals surface area contributed by atoms with E-state index in [0.29, 0.717) is 19.7 Å². The molecule has 1 aromatic rings. The molecule has 112 valence electrons. The average Bonchev–Trinajstić information content (AvgIpc) is 2.36. The highest BCUT2D eigenvalue weighted by molar-refractivity contribution is 5.32. The summed E-state index contributed by atoms with van der Waals surface area (Å²) in [4.78, 5) is 1.83. The normalized spacial score (nSPS) is 21.1. The van der Waals surface area contributed by atoms with Crippen LogP contribution in [0.2, 0.25) is 0 Å². The number of alkyl halides is 3. The summed E-state index contributed by atoms with van der Waals surface area (Å²) in [6, 6.07) is 6.11. The Labute approximate surface area is 117 Å². The number of hydrogen-bond acceptors (Lipinski definition) is 2. The summed E-state index contributed by atoms with van der Waals surface area (Å²) in [5.41, 5.74) is 3.39. The molecule has 20 heavy (non-hydrogen) atoms. The van der Waals surface area contributed by atoms with Gasteiger partial charge in [0.25, 0.3) is 0 Å². The van der Waals surface area contributed by atoms with E-state index in [4.69, 9.17) is 4.74 Å². The molecule has 1 atom stereocenters. The van der Waals surface area contributed by atoms with E-state index in [9.17, 15) is 13.2 Å². The topological polar surface area (TPSA) is 12.5 Å². The maximum absolute atomic E-state index is 12.3. The minimum absolute atomic E-state index is 0.0499. The summed E-state index contributed by atoms with van der Waals surface area (Å²) in [6.45, 7) is 5.66. The SMILES string of the molecule is Cc1ccc(C2CN(CCC(F)(F)F)CCO2)c(C)c1. The highest BCUT2D eigenvalue weighted by atomic mass is 19.4. The van der Waals surface area contributed by atoms with Crippen molar-refractivity contribution in [3.05, 3.63) is 34.9 Å². The molecule has 0 amide bonds. The van der Waals surface area contributed by atoms with Crippen molar-refractivity contribution in [3.63, 3.8) is 0 Å². The highest BCUT2D eigenvalue weighted by Crippen LogP contribution is 2.27. The molecule has 1 unspecified atom stereocenters. The Morgan fingerprint density at radius 2 is 2.05 bits per heavy atom. The van der Waals surface area contributed by atoms with E-state index in [1.54, 1.807) is 0 Å². The largest absolute Gasteiger partial charge is 0.390 e. The molecule has 2 nitrogen and oxygen atoms in total. The third-order valence-electron chi connectivity index (χ3n) is 3.63. The van der Waals surface area contributed by atoms with Crippen LogP contribution in [-0.2, 0) is 4.74 Å². The second-order valence-electron chi connectivity index (χ2n) is 5.39. The van der Waals surface area contributed by atoms with Crippen molar-refractivity contribution in [1.82, 2.24) is 4.90 Å². The Morgan fingerprint density at radius 1 is 1.30 bits per heavy atom. The van der Waals surface area contributed by atoms with Gasteiger partial charge in [-0.25, -0.2) is 0 Å². The predicted octanol–water partition coefficient (Wildman–Crippen LogP) is 3.63. The van der Waals surface area contributed by atoms with Gasteiger partial charge in [0.2, 0.25) is 0 Å². The van der Waals surface area contributed by atoms with Crippen LogP contribution in [0.1, 0.15) is 29.2 Å². The van der Waals surface area contributed by atoms with Gasteiger partial charge in [0.1, 0.15) is 0 Å². The Bertz CT molecular complexity index is 459. The first-order chi connectivity index (χ1) is 9.35. The Kier molecular flexibility index (Phi) is 4.70. The van der Waals surface area contributed by atoms with Crippen molar-refractivity contribution < 1.29 is 17.9 Å².